The molecular formula is C14H14BrN3O2. The third-order valence-corrected chi connectivity index (χ3v) is 3.30. The largest absolute Gasteiger partial charge is 0.376 e. The molecule has 0 fully saturated rings. The van der Waals surface area contributed by atoms with E-state index in [1.807, 2.05) is 20.2 Å². The Morgan fingerprint density at radius 1 is 1.35 bits per heavy atom. The smallest absolute Gasteiger partial charge is 0.269 e. The summed E-state index contributed by atoms with van der Waals surface area (Å²) in [5, 5.41) is 4.02. The normalized spacial score (nSPS) is 10.3. The predicted octanol–water partition coefficient (Wildman–Crippen LogP) is 1.95. The van der Waals surface area contributed by atoms with Crippen LogP contribution < -0.4 is 10.5 Å². The van der Waals surface area contributed by atoms with Crippen molar-refractivity contribution in [2.75, 3.05) is 19.0 Å². The van der Waals surface area contributed by atoms with E-state index in [0.29, 0.717) is 11.3 Å². The van der Waals surface area contributed by atoms with Gasteiger partial charge in [-0.05, 0) is 12.1 Å². The number of anilines is 1. The van der Waals surface area contributed by atoms with Crippen molar-refractivity contribution in [1.29, 1.82) is 0 Å². The fourth-order valence-corrected chi connectivity index (χ4v) is 2.08. The molecular weight excluding hydrogens is 322 g/mol. The first-order valence-corrected chi connectivity index (χ1v) is 6.80. The van der Waals surface area contributed by atoms with Gasteiger partial charge in [-0.3, -0.25) is 9.59 Å². The summed E-state index contributed by atoms with van der Waals surface area (Å²) in [5.74, 6) is -0.154. The Kier molecular flexibility index (Phi) is 4.34. The van der Waals surface area contributed by atoms with Gasteiger partial charge < -0.3 is 4.90 Å². The summed E-state index contributed by atoms with van der Waals surface area (Å²) in [6.07, 6.45) is 1.57. The van der Waals surface area contributed by atoms with Gasteiger partial charge in [0.05, 0.1) is 11.9 Å². The Morgan fingerprint density at radius 2 is 2.10 bits per heavy atom. The Balaban J connectivity index is 2.22. The number of carbonyl (C=O) groups is 1. The van der Waals surface area contributed by atoms with Crippen molar-refractivity contribution in [2.45, 2.75) is 6.54 Å². The van der Waals surface area contributed by atoms with E-state index < -0.39 is 0 Å². The molecule has 1 aromatic carbocycles. The third-order valence-electron chi connectivity index (χ3n) is 2.81. The molecule has 104 valence electrons. The number of nitrogens with zero attached hydrogens (tertiary/aromatic N) is 3. The van der Waals surface area contributed by atoms with Crippen LogP contribution in [0.3, 0.4) is 0 Å². The molecule has 0 bridgehead atoms. The molecule has 0 aliphatic heterocycles. The van der Waals surface area contributed by atoms with Crippen molar-refractivity contribution in [2.24, 2.45) is 0 Å². The number of benzene rings is 1. The van der Waals surface area contributed by atoms with Crippen LogP contribution in [0.5, 0.6) is 0 Å². The second kappa shape index (κ2) is 6.00. The predicted molar refractivity (Wildman–Crippen MR) is 81.3 cm³/mol. The van der Waals surface area contributed by atoms with E-state index in [-0.39, 0.29) is 17.9 Å². The second-order valence-electron chi connectivity index (χ2n) is 4.54. The van der Waals surface area contributed by atoms with Gasteiger partial charge in [0.1, 0.15) is 6.54 Å². The molecule has 0 atom stereocenters. The average Bonchev–Trinajstić information content (AvgIpc) is 2.40. The molecule has 20 heavy (non-hydrogen) atoms. The van der Waals surface area contributed by atoms with E-state index in [2.05, 4.69) is 21.0 Å². The van der Waals surface area contributed by atoms with Crippen molar-refractivity contribution in [3.63, 3.8) is 0 Å². The lowest BCUT2D eigenvalue weighted by atomic mass is 10.1. The molecule has 2 rings (SSSR count). The highest BCUT2D eigenvalue weighted by Crippen LogP contribution is 2.12. The molecule has 6 heteroatoms. The van der Waals surface area contributed by atoms with Crippen LogP contribution in [0.2, 0.25) is 0 Å². The van der Waals surface area contributed by atoms with Gasteiger partial charge in [-0.25, -0.2) is 4.68 Å². The number of aromatic nitrogens is 2. The highest BCUT2D eigenvalue weighted by molar-refractivity contribution is 9.10. The van der Waals surface area contributed by atoms with Gasteiger partial charge >= 0.3 is 0 Å². The Bertz CT molecular complexity index is 695. The molecule has 0 unspecified atom stereocenters. The molecule has 0 radical (unpaired) electrons. The Labute approximate surface area is 125 Å². The van der Waals surface area contributed by atoms with Crippen molar-refractivity contribution < 1.29 is 4.79 Å². The summed E-state index contributed by atoms with van der Waals surface area (Å²) >= 11 is 3.31. The average molecular weight is 336 g/mol. The molecule has 2 aromatic rings. The number of hydrogen-bond donors (Lipinski definition) is 0. The molecule has 0 saturated carbocycles. The lowest BCUT2D eigenvalue weighted by Crippen LogP contribution is -2.27. The van der Waals surface area contributed by atoms with Gasteiger partial charge in [-0.1, -0.05) is 28.1 Å². The van der Waals surface area contributed by atoms with E-state index in [0.717, 1.165) is 9.15 Å². The van der Waals surface area contributed by atoms with Crippen LogP contribution in [0.4, 0.5) is 5.69 Å². The summed E-state index contributed by atoms with van der Waals surface area (Å²) in [5.41, 5.74) is 0.963. The molecule has 1 aromatic heterocycles. The summed E-state index contributed by atoms with van der Waals surface area (Å²) in [6, 6.07) is 8.52. The zero-order valence-corrected chi connectivity index (χ0v) is 12.8. The highest BCUT2D eigenvalue weighted by Gasteiger charge is 2.10. The molecule has 0 aliphatic rings. The highest BCUT2D eigenvalue weighted by atomic mass is 79.9. The number of ketones is 1. The first-order valence-electron chi connectivity index (χ1n) is 6.00. The van der Waals surface area contributed by atoms with Gasteiger partial charge in [-0.2, -0.15) is 5.10 Å². The molecule has 1 heterocycles. The van der Waals surface area contributed by atoms with Gasteiger partial charge in [0.25, 0.3) is 5.56 Å². The molecule has 0 N–H and O–H groups in total. The summed E-state index contributed by atoms with van der Waals surface area (Å²) in [7, 11) is 3.65. The van der Waals surface area contributed by atoms with Gasteiger partial charge in [0, 0.05) is 30.2 Å². The van der Waals surface area contributed by atoms with Gasteiger partial charge in [-0.15, -0.1) is 0 Å². The van der Waals surface area contributed by atoms with Crippen LogP contribution >= 0.6 is 15.9 Å². The fraction of sp³-hybridized carbons (Fsp3) is 0.214. The number of halogens is 1. The molecule has 0 amide bonds. The maximum Gasteiger partial charge on any atom is 0.269 e. The number of carbonyl (C=O) groups excluding carboxylic acids is 1. The van der Waals surface area contributed by atoms with Crippen LogP contribution in [0.15, 0.2) is 45.8 Å². The van der Waals surface area contributed by atoms with Crippen LogP contribution in [0.1, 0.15) is 10.4 Å². The first kappa shape index (κ1) is 14.5. The minimum absolute atomic E-state index is 0.0665. The molecule has 5 nitrogen and oxygen atoms in total. The lowest BCUT2D eigenvalue weighted by Gasteiger charge is -2.12. The standard InChI is InChI=1S/C14H14BrN3O2/c1-17(2)12-7-14(20)18(16-8-12)9-13(19)10-4-3-5-11(15)6-10/h3-8H,9H2,1-2H3. The molecule has 0 saturated heterocycles. The first-order chi connectivity index (χ1) is 9.47. The lowest BCUT2D eigenvalue weighted by molar-refractivity contribution is 0.0965. The Hall–Kier alpha value is -1.95. The SMILES string of the molecule is CN(C)c1cnn(CC(=O)c2cccc(Br)c2)c(=O)c1. The zero-order valence-electron chi connectivity index (χ0n) is 11.2. The van der Waals surface area contributed by atoms with Crippen LogP contribution in [0.25, 0.3) is 0 Å². The number of rotatable bonds is 4. The van der Waals surface area contributed by atoms with E-state index in [4.69, 9.17) is 0 Å². The van der Waals surface area contributed by atoms with Crippen LogP contribution in [0, 0.1) is 0 Å². The van der Waals surface area contributed by atoms with E-state index in [1.165, 1.54) is 6.07 Å². The number of hydrogen-bond acceptors (Lipinski definition) is 4. The van der Waals surface area contributed by atoms with E-state index >= 15 is 0 Å². The van der Waals surface area contributed by atoms with Crippen molar-refractivity contribution in [3.05, 3.63) is 56.9 Å². The minimum Gasteiger partial charge on any atom is -0.376 e. The minimum atomic E-state index is -0.292. The van der Waals surface area contributed by atoms with E-state index in [9.17, 15) is 9.59 Å². The molecule has 0 aliphatic carbocycles. The summed E-state index contributed by atoms with van der Waals surface area (Å²) < 4.78 is 1.99. The van der Waals surface area contributed by atoms with Gasteiger partial charge in [0.15, 0.2) is 5.78 Å². The quantitative estimate of drug-likeness (QED) is 0.801. The monoisotopic (exact) mass is 335 g/mol. The topological polar surface area (TPSA) is 55.2 Å². The molecule has 0 spiro atoms. The van der Waals surface area contributed by atoms with Crippen molar-refractivity contribution in [3.8, 4) is 0 Å². The second-order valence-corrected chi connectivity index (χ2v) is 5.45. The third kappa shape index (κ3) is 3.33. The van der Waals surface area contributed by atoms with Crippen LogP contribution in [-0.4, -0.2) is 29.7 Å². The van der Waals surface area contributed by atoms with Crippen LogP contribution in [-0.2, 0) is 6.54 Å². The summed E-state index contributed by atoms with van der Waals surface area (Å²) in [4.78, 5) is 25.8. The van der Waals surface area contributed by atoms with Crippen molar-refractivity contribution in [1.82, 2.24) is 9.78 Å². The zero-order chi connectivity index (χ0) is 14.7. The van der Waals surface area contributed by atoms with Gasteiger partial charge in [0.2, 0.25) is 0 Å². The van der Waals surface area contributed by atoms with E-state index in [1.54, 1.807) is 29.3 Å². The van der Waals surface area contributed by atoms with Crippen molar-refractivity contribution >= 4 is 27.4 Å². The summed E-state index contributed by atoms with van der Waals surface area (Å²) in [6.45, 7) is -0.0665. The Morgan fingerprint density at radius 3 is 2.70 bits per heavy atom. The maximum absolute atomic E-state index is 12.1. The fourth-order valence-electron chi connectivity index (χ4n) is 1.68. The maximum atomic E-state index is 12.1. The number of Topliss-reactive ketones (excluding diaryl/α,β-unsaturated/α-hetero) is 1.